The van der Waals surface area contributed by atoms with Crippen LogP contribution in [-0.4, -0.2) is 18.8 Å². The smallest absolute Gasteiger partial charge is 0.0686 e. The molecule has 0 bridgehead atoms. The molecule has 1 N–H and O–H groups in total. The topological polar surface area (TPSA) is 21.3 Å². The van der Waals surface area contributed by atoms with E-state index in [4.69, 9.17) is 4.74 Å². The van der Waals surface area contributed by atoms with Crippen molar-refractivity contribution in [3.05, 3.63) is 34.3 Å². The molecule has 0 aromatic heterocycles. The molecule has 1 aliphatic carbocycles. The van der Waals surface area contributed by atoms with Gasteiger partial charge in [-0.25, -0.2) is 0 Å². The number of nitrogens with one attached hydrogen (secondary N) is 1. The summed E-state index contributed by atoms with van der Waals surface area (Å²) in [6.45, 7) is 4.26. The Hall–Kier alpha value is -0.380. The van der Waals surface area contributed by atoms with E-state index < -0.39 is 0 Å². The van der Waals surface area contributed by atoms with E-state index in [2.05, 4.69) is 52.4 Å². The molecule has 0 amide bonds. The monoisotopic (exact) mass is 351 g/mol. The van der Waals surface area contributed by atoms with Gasteiger partial charge in [-0.15, -0.1) is 0 Å². The van der Waals surface area contributed by atoms with Gasteiger partial charge in [-0.3, -0.25) is 0 Å². The number of hydrogen-bond acceptors (Lipinski definition) is 2. The third-order valence-electron chi connectivity index (χ3n) is 5.11. The lowest BCUT2D eigenvalue weighted by Gasteiger charge is -2.49. The molecule has 1 heterocycles. The average Bonchev–Trinajstić information content (AvgIpc) is 2.48. The van der Waals surface area contributed by atoms with Crippen molar-refractivity contribution in [1.82, 2.24) is 5.32 Å². The average molecular weight is 352 g/mol. The van der Waals surface area contributed by atoms with Crippen molar-refractivity contribution < 1.29 is 4.74 Å². The third kappa shape index (κ3) is 3.52. The zero-order valence-electron chi connectivity index (χ0n) is 12.9. The van der Waals surface area contributed by atoms with Crippen LogP contribution < -0.4 is 5.32 Å². The summed E-state index contributed by atoms with van der Waals surface area (Å²) in [5, 5.41) is 3.79. The van der Waals surface area contributed by atoms with Crippen molar-refractivity contribution in [2.75, 3.05) is 13.2 Å². The Morgan fingerprint density at radius 2 is 2.10 bits per heavy atom. The van der Waals surface area contributed by atoms with Gasteiger partial charge in [0.1, 0.15) is 0 Å². The predicted molar refractivity (Wildman–Crippen MR) is 90.4 cm³/mol. The molecule has 1 saturated heterocycles. The Morgan fingerprint density at radius 3 is 2.71 bits per heavy atom. The molecular formula is C18H26BrNO. The normalized spacial score (nSPS) is 25.5. The quantitative estimate of drug-likeness (QED) is 0.819. The second-order valence-corrected chi connectivity index (χ2v) is 7.54. The Balaban J connectivity index is 1.76. The van der Waals surface area contributed by atoms with Crippen LogP contribution in [0.2, 0.25) is 0 Å². The lowest BCUT2D eigenvalue weighted by Crippen LogP contribution is -2.48. The van der Waals surface area contributed by atoms with E-state index in [0.29, 0.717) is 12.0 Å². The van der Waals surface area contributed by atoms with E-state index in [1.54, 1.807) is 0 Å². The van der Waals surface area contributed by atoms with E-state index in [1.807, 2.05) is 0 Å². The van der Waals surface area contributed by atoms with Gasteiger partial charge in [-0.2, -0.15) is 0 Å². The molecule has 2 aliphatic rings. The van der Waals surface area contributed by atoms with Crippen LogP contribution in [0.25, 0.3) is 0 Å². The minimum absolute atomic E-state index is 0.227. The maximum atomic E-state index is 6.11. The minimum atomic E-state index is 0.227. The van der Waals surface area contributed by atoms with E-state index in [-0.39, 0.29) is 5.60 Å². The summed E-state index contributed by atoms with van der Waals surface area (Å²) < 4.78 is 7.26. The van der Waals surface area contributed by atoms with Crippen molar-refractivity contribution >= 4 is 15.9 Å². The molecule has 1 aliphatic heterocycles. The van der Waals surface area contributed by atoms with Crippen LogP contribution in [0.4, 0.5) is 0 Å². The molecule has 1 spiro atoms. The van der Waals surface area contributed by atoms with Crippen molar-refractivity contribution in [2.24, 2.45) is 5.92 Å². The zero-order valence-corrected chi connectivity index (χ0v) is 14.5. The van der Waals surface area contributed by atoms with Crippen LogP contribution in [0.5, 0.6) is 0 Å². The van der Waals surface area contributed by atoms with Crippen LogP contribution in [0.3, 0.4) is 0 Å². The van der Waals surface area contributed by atoms with Gasteiger partial charge in [0.25, 0.3) is 0 Å². The highest BCUT2D eigenvalue weighted by Gasteiger charge is 2.44. The summed E-state index contributed by atoms with van der Waals surface area (Å²) in [6, 6.07) is 9.32. The lowest BCUT2D eigenvalue weighted by atomic mass is 9.69. The van der Waals surface area contributed by atoms with Crippen LogP contribution >= 0.6 is 15.9 Å². The second-order valence-electron chi connectivity index (χ2n) is 6.62. The molecule has 2 nitrogen and oxygen atoms in total. The fourth-order valence-electron chi connectivity index (χ4n) is 3.80. The Labute approximate surface area is 136 Å². The summed E-state index contributed by atoms with van der Waals surface area (Å²) in [4.78, 5) is 0. The second kappa shape index (κ2) is 6.80. The molecule has 3 heteroatoms. The summed E-state index contributed by atoms with van der Waals surface area (Å²) >= 11 is 3.54. The maximum Gasteiger partial charge on any atom is 0.0686 e. The van der Waals surface area contributed by atoms with Gasteiger partial charge in [-0.05, 0) is 68.7 Å². The maximum absolute atomic E-state index is 6.11. The molecule has 1 aromatic carbocycles. The summed E-state index contributed by atoms with van der Waals surface area (Å²) in [6.07, 6.45) is 7.47. The first-order valence-electron chi connectivity index (χ1n) is 8.35. The van der Waals surface area contributed by atoms with E-state index in [0.717, 1.165) is 17.6 Å². The highest BCUT2D eigenvalue weighted by Crippen LogP contribution is 2.47. The number of hydrogen-bond donors (Lipinski definition) is 1. The van der Waals surface area contributed by atoms with Crippen molar-refractivity contribution in [1.29, 1.82) is 0 Å². The zero-order chi connectivity index (χ0) is 14.7. The fourth-order valence-corrected chi connectivity index (χ4v) is 4.06. The SMILES string of the molecule is CCCNC(c1ccc(Br)cc1)C1CCOC2(CCC2)C1. The molecule has 1 saturated carbocycles. The van der Waals surface area contributed by atoms with Gasteiger partial charge >= 0.3 is 0 Å². The largest absolute Gasteiger partial charge is 0.375 e. The molecule has 0 radical (unpaired) electrons. The lowest BCUT2D eigenvalue weighted by molar-refractivity contribution is -0.147. The van der Waals surface area contributed by atoms with Crippen LogP contribution in [0.1, 0.15) is 57.1 Å². The van der Waals surface area contributed by atoms with Crippen molar-refractivity contribution in [3.63, 3.8) is 0 Å². The van der Waals surface area contributed by atoms with Crippen LogP contribution in [-0.2, 0) is 4.74 Å². The van der Waals surface area contributed by atoms with E-state index in [9.17, 15) is 0 Å². The third-order valence-corrected chi connectivity index (χ3v) is 5.64. The molecule has 2 unspecified atom stereocenters. The summed E-state index contributed by atoms with van der Waals surface area (Å²) in [5.41, 5.74) is 1.65. The first-order valence-corrected chi connectivity index (χ1v) is 9.14. The molecule has 2 atom stereocenters. The van der Waals surface area contributed by atoms with E-state index in [1.165, 1.54) is 44.1 Å². The van der Waals surface area contributed by atoms with Gasteiger partial charge in [0.05, 0.1) is 5.60 Å². The number of ether oxygens (including phenoxy) is 1. The van der Waals surface area contributed by atoms with Gasteiger partial charge in [0.2, 0.25) is 0 Å². The van der Waals surface area contributed by atoms with Crippen molar-refractivity contribution in [3.8, 4) is 0 Å². The summed E-state index contributed by atoms with van der Waals surface area (Å²) in [7, 11) is 0. The minimum Gasteiger partial charge on any atom is -0.375 e. The molecular weight excluding hydrogens is 326 g/mol. The molecule has 2 fully saturated rings. The molecule has 1 aromatic rings. The number of halogens is 1. The first kappa shape index (κ1) is 15.5. The van der Waals surface area contributed by atoms with Gasteiger partial charge in [-0.1, -0.05) is 35.0 Å². The highest BCUT2D eigenvalue weighted by atomic mass is 79.9. The molecule has 116 valence electrons. The molecule has 21 heavy (non-hydrogen) atoms. The summed E-state index contributed by atoms with van der Waals surface area (Å²) in [5.74, 6) is 0.701. The van der Waals surface area contributed by atoms with Crippen LogP contribution in [0.15, 0.2) is 28.7 Å². The van der Waals surface area contributed by atoms with E-state index >= 15 is 0 Å². The number of rotatable bonds is 5. The predicted octanol–water partition coefficient (Wildman–Crippen LogP) is 4.84. The van der Waals surface area contributed by atoms with Gasteiger partial charge in [0.15, 0.2) is 0 Å². The Morgan fingerprint density at radius 1 is 1.33 bits per heavy atom. The van der Waals surface area contributed by atoms with Crippen molar-refractivity contribution in [2.45, 2.75) is 57.1 Å². The number of benzene rings is 1. The Bertz CT molecular complexity index is 455. The Kier molecular flexibility index (Phi) is 5.03. The van der Waals surface area contributed by atoms with Gasteiger partial charge < -0.3 is 10.1 Å². The fraction of sp³-hybridized carbons (Fsp3) is 0.667. The van der Waals surface area contributed by atoms with Crippen LogP contribution in [0, 0.1) is 5.92 Å². The molecule has 3 rings (SSSR count). The van der Waals surface area contributed by atoms with Gasteiger partial charge in [0, 0.05) is 17.1 Å². The first-order chi connectivity index (χ1) is 10.2. The highest BCUT2D eigenvalue weighted by molar-refractivity contribution is 9.10. The standard InChI is InChI=1S/C18H26BrNO/c1-2-11-20-17(14-4-6-16(19)7-5-14)15-8-12-21-18(13-15)9-3-10-18/h4-7,15,17,20H,2-3,8-13H2,1H3.